The average molecular weight is 543 g/mol. The van der Waals surface area contributed by atoms with Crippen LogP contribution in [0.5, 0.6) is 11.5 Å². The third-order valence-electron chi connectivity index (χ3n) is 5.77. The number of anilines is 1. The number of amides is 4. The van der Waals surface area contributed by atoms with Gasteiger partial charge in [0.15, 0.2) is 0 Å². The van der Waals surface area contributed by atoms with Crippen LogP contribution < -0.4 is 21.1 Å². The van der Waals surface area contributed by atoms with Crippen LogP contribution in [0.3, 0.4) is 0 Å². The number of nitrogens with two attached hydrogens (primary N) is 1. The second-order valence-electron chi connectivity index (χ2n) is 9.96. The molecule has 0 aliphatic carbocycles. The van der Waals surface area contributed by atoms with Crippen molar-refractivity contribution in [2.24, 2.45) is 5.73 Å². The highest BCUT2D eigenvalue weighted by molar-refractivity contribution is 5.99. The third-order valence-corrected chi connectivity index (χ3v) is 5.77. The molecule has 0 saturated carbocycles. The van der Waals surface area contributed by atoms with Crippen molar-refractivity contribution in [1.82, 2.24) is 10.2 Å². The first-order valence-corrected chi connectivity index (χ1v) is 12.6. The highest BCUT2D eigenvalue weighted by atomic mass is 16.6. The van der Waals surface area contributed by atoms with E-state index in [1.807, 2.05) is 0 Å². The summed E-state index contributed by atoms with van der Waals surface area (Å²) in [4.78, 5) is 52.9. The van der Waals surface area contributed by atoms with Gasteiger partial charge in [0.05, 0.1) is 7.11 Å². The molecule has 0 spiro atoms. The number of nitrogens with one attached hydrogen (secondary N) is 2. The molecule has 0 radical (unpaired) electrons. The van der Waals surface area contributed by atoms with Gasteiger partial charge in [0.1, 0.15) is 29.2 Å². The summed E-state index contributed by atoms with van der Waals surface area (Å²) in [6.07, 6.45) is -1.17. The zero-order valence-corrected chi connectivity index (χ0v) is 23.2. The number of nitrogens with zero attached hydrogens (tertiary/aromatic N) is 1. The number of likely N-dealkylation sites (N-methyl/N-ethyl adjacent to an activating group) is 1. The van der Waals surface area contributed by atoms with Crippen molar-refractivity contribution in [3.63, 3.8) is 0 Å². The van der Waals surface area contributed by atoms with Gasteiger partial charge >= 0.3 is 6.09 Å². The molecule has 11 heteroatoms. The van der Waals surface area contributed by atoms with E-state index in [0.717, 1.165) is 0 Å². The third kappa shape index (κ3) is 8.91. The number of hydrogen-bond acceptors (Lipinski definition) is 7. The van der Waals surface area contributed by atoms with E-state index in [0.29, 0.717) is 17.0 Å². The highest BCUT2D eigenvalue weighted by Gasteiger charge is 2.37. The molecule has 2 aromatic carbocycles. The molecular formula is C28H38N4O7. The van der Waals surface area contributed by atoms with E-state index in [1.165, 1.54) is 12.0 Å². The number of ether oxygens (including phenoxy) is 2. The number of aromatic hydroxyl groups is 1. The number of alkyl carbamates (subject to hydrolysis) is 1. The lowest BCUT2D eigenvalue weighted by atomic mass is 9.98. The predicted octanol–water partition coefficient (Wildman–Crippen LogP) is 3.40. The number of rotatable bonds is 11. The SMILES string of the molecule is CCN(C(=O)C(CCC(N)=O)NC(=O)OC(C)(C)C)C(C(=O)Nc1ccc(OC)cc1)c1cccc(C)c1O. The summed E-state index contributed by atoms with van der Waals surface area (Å²) in [7, 11) is 1.52. The summed E-state index contributed by atoms with van der Waals surface area (Å²) in [6.45, 7) is 8.39. The van der Waals surface area contributed by atoms with Crippen molar-refractivity contribution in [2.75, 3.05) is 19.0 Å². The Hall–Kier alpha value is -4.28. The Bertz CT molecular complexity index is 1180. The Kier molecular flexibility index (Phi) is 10.7. The van der Waals surface area contributed by atoms with Gasteiger partial charge in [-0.3, -0.25) is 14.4 Å². The molecule has 212 valence electrons. The lowest BCUT2D eigenvalue weighted by Crippen LogP contribution is -2.52. The quantitative estimate of drug-likeness (QED) is 0.338. The largest absolute Gasteiger partial charge is 0.507 e. The molecule has 0 aliphatic heterocycles. The first kappa shape index (κ1) is 30.9. The Balaban J connectivity index is 2.50. The number of carbonyl (C=O) groups is 4. The number of primary amides is 1. The van der Waals surface area contributed by atoms with Crippen LogP contribution in [0.15, 0.2) is 42.5 Å². The Morgan fingerprint density at radius 2 is 1.72 bits per heavy atom. The van der Waals surface area contributed by atoms with E-state index in [2.05, 4.69) is 10.6 Å². The van der Waals surface area contributed by atoms with Gasteiger partial charge in [-0.05, 0) is 70.9 Å². The van der Waals surface area contributed by atoms with E-state index < -0.39 is 41.5 Å². The minimum Gasteiger partial charge on any atom is -0.507 e. The van der Waals surface area contributed by atoms with Crippen molar-refractivity contribution >= 4 is 29.5 Å². The van der Waals surface area contributed by atoms with Crippen molar-refractivity contribution < 1.29 is 33.8 Å². The maximum Gasteiger partial charge on any atom is 0.408 e. The fraction of sp³-hybridized carbons (Fsp3) is 0.429. The summed E-state index contributed by atoms with van der Waals surface area (Å²) >= 11 is 0. The van der Waals surface area contributed by atoms with Gasteiger partial charge in [-0.1, -0.05) is 18.2 Å². The van der Waals surface area contributed by atoms with Crippen LogP contribution in [0.25, 0.3) is 0 Å². The first-order chi connectivity index (χ1) is 18.3. The van der Waals surface area contributed by atoms with E-state index in [4.69, 9.17) is 15.2 Å². The monoisotopic (exact) mass is 542 g/mol. The van der Waals surface area contributed by atoms with Crippen LogP contribution in [0.2, 0.25) is 0 Å². The molecule has 0 aromatic heterocycles. The van der Waals surface area contributed by atoms with Crippen molar-refractivity contribution in [1.29, 1.82) is 0 Å². The van der Waals surface area contributed by atoms with Crippen molar-refractivity contribution in [2.45, 2.75) is 65.1 Å². The maximum atomic E-state index is 13.9. The number of phenols is 1. The maximum absolute atomic E-state index is 13.9. The molecule has 5 N–H and O–H groups in total. The molecule has 2 rings (SSSR count). The summed E-state index contributed by atoms with van der Waals surface area (Å²) in [5.74, 6) is -1.46. The standard InChI is InChI=1S/C28H38N4O7/c1-7-32(26(36)21(15-16-22(29)33)31-27(37)39-28(3,4)5)23(20-10-8-9-17(2)24(20)34)25(35)30-18-11-13-19(38-6)14-12-18/h8-14,21,23,34H,7,15-16H2,1-6H3,(H2,29,33)(H,30,35)(H,31,37). The van der Waals surface area contributed by atoms with E-state index in [1.54, 1.807) is 77.1 Å². The molecule has 4 amide bonds. The second kappa shape index (κ2) is 13.5. The predicted molar refractivity (Wildman–Crippen MR) is 146 cm³/mol. The van der Waals surface area contributed by atoms with Crippen molar-refractivity contribution in [3.8, 4) is 11.5 Å². The minimum absolute atomic E-state index is 0.0377. The lowest BCUT2D eigenvalue weighted by molar-refractivity contribution is -0.140. The molecule has 0 saturated heterocycles. The fourth-order valence-corrected chi connectivity index (χ4v) is 3.90. The molecule has 0 aliphatic rings. The van der Waals surface area contributed by atoms with Crippen LogP contribution in [0.1, 0.15) is 57.7 Å². The van der Waals surface area contributed by atoms with Gasteiger partial charge in [0.25, 0.3) is 5.91 Å². The van der Waals surface area contributed by atoms with Gasteiger partial charge in [-0.15, -0.1) is 0 Å². The zero-order chi connectivity index (χ0) is 29.3. The van der Waals surface area contributed by atoms with Crippen LogP contribution in [-0.4, -0.2) is 59.1 Å². The number of para-hydroxylation sites is 1. The van der Waals surface area contributed by atoms with Crippen LogP contribution in [-0.2, 0) is 19.1 Å². The van der Waals surface area contributed by atoms with Gasteiger partial charge in [-0.25, -0.2) is 4.79 Å². The molecular weight excluding hydrogens is 504 g/mol. The van der Waals surface area contributed by atoms with E-state index in [9.17, 15) is 24.3 Å². The highest BCUT2D eigenvalue weighted by Crippen LogP contribution is 2.33. The first-order valence-electron chi connectivity index (χ1n) is 12.6. The Morgan fingerprint density at radius 1 is 1.08 bits per heavy atom. The summed E-state index contributed by atoms with van der Waals surface area (Å²) in [5.41, 5.74) is 5.63. The van der Waals surface area contributed by atoms with Gasteiger partial charge in [0.2, 0.25) is 11.8 Å². The van der Waals surface area contributed by atoms with Crippen molar-refractivity contribution in [3.05, 3.63) is 53.6 Å². The summed E-state index contributed by atoms with van der Waals surface area (Å²) in [5, 5.41) is 16.2. The number of hydrogen-bond donors (Lipinski definition) is 4. The fourth-order valence-electron chi connectivity index (χ4n) is 3.90. The molecule has 11 nitrogen and oxygen atoms in total. The lowest BCUT2D eigenvalue weighted by Gasteiger charge is -2.34. The average Bonchev–Trinajstić information content (AvgIpc) is 2.85. The number of carbonyl (C=O) groups excluding carboxylic acids is 4. The number of benzene rings is 2. The Labute approximate surface area is 228 Å². The molecule has 2 aromatic rings. The van der Waals surface area contributed by atoms with Crippen LogP contribution in [0, 0.1) is 6.92 Å². The minimum atomic E-state index is -1.28. The van der Waals surface area contributed by atoms with Gasteiger partial charge < -0.3 is 35.8 Å². The van der Waals surface area contributed by atoms with Gasteiger partial charge in [0, 0.05) is 24.2 Å². The number of aryl methyl sites for hydroxylation is 1. The second-order valence-corrected chi connectivity index (χ2v) is 9.96. The molecule has 39 heavy (non-hydrogen) atoms. The summed E-state index contributed by atoms with van der Waals surface area (Å²) < 4.78 is 10.5. The summed E-state index contributed by atoms with van der Waals surface area (Å²) in [6, 6.07) is 9.01. The Morgan fingerprint density at radius 3 is 2.26 bits per heavy atom. The van der Waals surface area contributed by atoms with E-state index in [-0.39, 0.29) is 30.7 Å². The molecule has 0 fully saturated rings. The zero-order valence-electron chi connectivity index (χ0n) is 23.2. The molecule has 2 atom stereocenters. The molecule has 0 bridgehead atoms. The van der Waals surface area contributed by atoms with Crippen LogP contribution >= 0.6 is 0 Å². The normalized spacial score (nSPS) is 12.6. The van der Waals surface area contributed by atoms with Crippen LogP contribution in [0.4, 0.5) is 10.5 Å². The number of phenolic OH excluding ortho intramolecular Hbond substituents is 1. The van der Waals surface area contributed by atoms with Gasteiger partial charge in [-0.2, -0.15) is 0 Å². The smallest absolute Gasteiger partial charge is 0.408 e. The topological polar surface area (TPSA) is 160 Å². The molecule has 2 unspecified atom stereocenters. The number of methoxy groups -OCH3 is 1. The van der Waals surface area contributed by atoms with E-state index >= 15 is 0 Å². The molecule has 0 heterocycles.